The molecular weight excluding hydrogens is 267 g/mol. The fraction of sp³-hybridized carbons (Fsp3) is 0.643. The van der Waals surface area contributed by atoms with Crippen molar-refractivity contribution >= 4 is 0 Å². The highest BCUT2D eigenvalue weighted by Crippen LogP contribution is 2.21. The first-order chi connectivity index (χ1) is 9.54. The second-order valence-electron chi connectivity index (χ2n) is 5.18. The minimum Gasteiger partial charge on any atom is -0.317 e. The van der Waals surface area contributed by atoms with Gasteiger partial charge in [-0.15, -0.1) is 0 Å². The van der Waals surface area contributed by atoms with Crippen LogP contribution in [0.5, 0.6) is 0 Å². The number of hydrogen-bond acceptors (Lipinski definition) is 3. The normalized spacial score (nSPS) is 17.6. The summed E-state index contributed by atoms with van der Waals surface area (Å²) in [6.07, 6.45) is 1.41. The van der Waals surface area contributed by atoms with Crippen LogP contribution in [0, 0.1) is 0 Å². The van der Waals surface area contributed by atoms with Gasteiger partial charge in [-0.05, 0) is 44.0 Å². The van der Waals surface area contributed by atoms with Gasteiger partial charge < -0.3 is 5.32 Å². The Morgan fingerprint density at radius 2 is 2.05 bits per heavy atom. The van der Waals surface area contributed by atoms with E-state index in [-0.39, 0.29) is 6.04 Å². The summed E-state index contributed by atoms with van der Waals surface area (Å²) in [4.78, 5) is 5.58. The van der Waals surface area contributed by atoms with Crippen molar-refractivity contribution in [1.82, 2.24) is 15.2 Å². The summed E-state index contributed by atoms with van der Waals surface area (Å²) in [5.41, 5.74) is 0.980. The van der Waals surface area contributed by atoms with Gasteiger partial charge in [0.1, 0.15) is 0 Å². The molecule has 1 aliphatic rings. The first-order valence-electron chi connectivity index (χ1n) is 6.95. The number of nitrogens with one attached hydrogen (secondary N) is 1. The molecular formula is C14H20F3N3. The molecule has 0 saturated carbocycles. The zero-order chi connectivity index (χ0) is 14.4. The monoisotopic (exact) mass is 287 g/mol. The number of alkyl halides is 3. The Hall–Kier alpha value is -1.14. The molecule has 1 aromatic heterocycles. The highest BCUT2D eigenvalue weighted by atomic mass is 19.4. The molecule has 0 unspecified atom stereocenters. The average molecular weight is 287 g/mol. The van der Waals surface area contributed by atoms with E-state index in [0.717, 1.165) is 31.5 Å². The van der Waals surface area contributed by atoms with E-state index in [9.17, 15) is 13.2 Å². The third-order valence-electron chi connectivity index (χ3n) is 3.62. The maximum absolute atomic E-state index is 12.7. The number of rotatable bonds is 5. The Morgan fingerprint density at radius 3 is 2.65 bits per heavy atom. The topological polar surface area (TPSA) is 28.2 Å². The van der Waals surface area contributed by atoms with Gasteiger partial charge in [-0.2, -0.15) is 13.2 Å². The van der Waals surface area contributed by atoms with Gasteiger partial charge in [0.05, 0.1) is 6.54 Å². The molecule has 0 spiro atoms. The van der Waals surface area contributed by atoms with E-state index in [4.69, 9.17) is 0 Å². The van der Waals surface area contributed by atoms with Gasteiger partial charge in [-0.1, -0.05) is 6.07 Å². The largest absolute Gasteiger partial charge is 0.401 e. The van der Waals surface area contributed by atoms with Crippen molar-refractivity contribution in [1.29, 1.82) is 0 Å². The van der Waals surface area contributed by atoms with Crippen LogP contribution in [0.3, 0.4) is 0 Å². The zero-order valence-corrected chi connectivity index (χ0v) is 11.4. The van der Waals surface area contributed by atoms with Crippen LogP contribution >= 0.6 is 0 Å². The molecule has 0 aliphatic carbocycles. The molecule has 2 heterocycles. The molecule has 2 rings (SSSR count). The Kier molecular flexibility index (Phi) is 5.37. The zero-order valence-electron chi connectivity index (χ0n) is 11.4. The maximum Gasteiger partial charge on any atom is 0.401 e. The van der Waals surface area contributed by atoms with Gasteiger partial charge in [0.2, 0.25) is 0 Å². The highest BCUT2D eigenvalue weighted by Gasteiger charge is 2.34. The second kappa shape index (κ2) is 7.04. The molecule has 0 bridgehead atoms. The third-order valence-corrected chi connectivity index (χ3v) is 3.62. The summed E-state index contributed by atoms with van der Waals surface area (Å²) in [6, 6.07) is 3.74. The van der Waals surface area contributed by atoms with E-state index >= 15 is 0 Å². The fourth-order valence-corrected chi connectivity index (χ4v) is 2.61. The van der Waals surface area contributed by atoms with Crippen LogP contribution < -0.4 is 5.32 Å². The predicted molar refractivity (Wildman–Crippen MR) is 71.5 cm³/mol. The number of halogens is 3. The molecule has 1 fully saturated rings. The van der Waals surface area contributed by atoms with Crippen LogP contribution in [0.15, 0.2) is 24.5 Å². The summed E-state index contributed by atoms with van der Waals surface area (Å²) in [7, 11) is 0. The number of piperidine rings is 1. The van der Waals surface area contributed by atoms with Crippen molar-refractivity contribution in [3.8, 4) is 0 Å². The quantitative estimate of drug-likeness (QED) is 0.900. The van der Waals surface area contributed by atoms with Gasteiger partial charge in [0, 0.05) is 25.0 Å². The minimum absolute atomic E-state index is 0.0227. The molecule has 20 heavy (non-hydrogen) atoms. The number of pyridine rings is 1. The van der Waals surface area contributed by atoms with Crippen LogP contribution in [0.25, 0.3) is 0 Å². The van der Waals surface area contributed by atoms with E-state index in [1.165, 1.54) is 0 Å². The molecule has 1 N–H and O–H groups in total. The predicted octanol–water partition coefficient (Wildman–Crippen LogP) is 2.24. The Bertz CT molecular complexity index is 388. The SMILES string of the molecule is FC(F)(F)CN(CCc1cccnc1)C1CCNCC1. The summed E-state index contributed by atoms with van der Waals surface area (Å²) >= 11 is 0. The molecule has 6 heteroatoms. The van der Waals surface area contributed by atoms with Crippen molar-refractivity contribution in [2.75, 3.05) is 26.2 Å². The number of hydrogen-bond donors (Lipinski definition) is 1. The van der Waals surface area contributed by atoms with E-state index in [1.54, 1.807) is 17.3 Å². The minimum atomic E-state index is -4.14. The second-order valence-corrected chi connectivity index (χ2v) is 5.18. The first kappa shape index (κ1) is 15.3. The Labute approximate surface area is 117 Å². The van der Waals surface area contributed by atoms with Gasteiger partial charge in [0.25, 0.3) is 0 Å². The molecule has 1 aliphatic heterocycles. The van der Waals surface area contributed by atoms with E-state index in [2.05, 4.69) is 10.3 Å². The molecule has 0 aromatic carbocycles. The average Bonchev–Trinajstić information content (AvgIpc) is 2.44. The molecule has 1 aromatic rings. The lowest BCUT2D eigenvalue weighted by atomic mass is 10.0. The summed E-state index contributed by atoms with van der Waals surface area (Å²) in [6.45, 7) is 1.20. The van der Waals surface area contributed by atoms with E-state index in [1.807, 2.05) is 12.1 Å². The molecule has 0 radical (unpaired) electrons. The highest BCUT2D eigenvalue weighted by molar-refractivity contribution is 5.08. The van der Waals surface area contributed by atoms with Crippen LogP contribution in [0.4, 0.5) is 13.2 Å². The molecule has 3 nitrogen and oxygen atoms in total. The molecule has 112 valence electrons. The molecule has 1 saturated heterocycles. The van der Waals surface area contributed by atoms with Crippen LogP contribution in [0.1, 0.15) is 18.4 Å². The number of aromatic nitrogens is 1. The fourth-order valence-electron chi connectivity index (χ4n) is 2.61. The van der Waals surface area contributed by atoms with E-state index in [0.29, 0.717) is 13.0 Å². The van der Waals surface area contributed by atoms with Crippen LogP contribution in [-0.4, -0.2) is 48.3 Å². The van der Waals surface area contributed by atoms with E-state index < -0.39 is 12.7 Å². The molecule has 0 amide bonds. The van der Waals surface area contributed by atoms with Gasteiger partial charge in [0.15, 0.2) is 0 Å². The molecule has 0 atom stereocenters. The summed E-state index contributed by atoms with van der Waals surface area (Å²) < 4.78 is 38.2. The van der Waals surface area contributed by atoms with Gasteiger partial charge in [-0.3, -0.25) is 9.88 Å². The van der Waals surface area contributed by atoms with Crippen molar-refractivity contribution in [2.24, 2.45) is 0 Å². The Morgan fingerprint density at radius 1 is 1.30 bits per heavy atom. The summed E-state index contributed by atoms with van der Waals surface area (Å²) in [5.74, 6) is 0. The van der Waals surface area contributed by atoms with Gasteiger partial charge >= 0.3 is 6.18 Å². The Balaban J connectivity index is 1.94. The number of nitrogens with zero attached hydrogens (tertiary/aromatic N) is 2. The lowest BCUT2D eigenvalue weighted by molar-refractivity contribution is -0.151. The lowest BCUT2D eigenvalue weighted by Gasteiger charge is -2.35. The smallest absolute Gasteiger partial charge is 0.317 e. The van der Waals surface area contributed by atoms with Crippen LogP contribution in [-0.2, 0) is 6.42 Å². The van der Waals surface area contributed by atoms with Crippen LogP contribution in [0.2, 0.25) is 0 Å². The van der Waals surface area contributed by atoms with Crippen molar-refractivity contribution in [2.45, 2.75) is 31.5 Å². The summed E-state index contributed by atoms with van der Waals surface area (Å²) in [5, 5.41) is 3.19. The third kappa shape index (κ3) is 5.09. The maximum atomic E-state index is 12.7. The standard InChI is InChI=1S/C14H20F3N3/c15-14(16,17)11-20(13-3-7-18-8-4-13)9-5-12-2-1-6-19-10-12/h1-2,6,10,13,18H,3-5,7-9,11H2. The van der Waals surface area contributed by atoms with Crippen molar-refractivity contribution in [3.05, 3.63) is 30.1 Å². The lowest BCUT2D eigenvalue weighted by Crippen LogP contribution is -2.47. The van der Waals surface area contributed by atoms with Gasteiger partial charge in [-0.25, -0.2) is 0 Å². The van der Waals surface area contributed by atoms with Crippen molar-refractivity contribution < 1.29 is 13.2 Å². The van der Waals surface area contributed by atoms with Crippen molar-refractivity contribution in [3.63, 3.8) is 0 Å². The first-order valence-corrected chi connectivity index (χ1v) is 6.95.